The van der Waals surface area contributed by atoms with Gasteiger partial charge in [-0.2, -0.15) is 0 Å². The van der Waals surface area contributed by atoms with Crippen molar-refractivity contribution in [2.45, 2.75) is 27.7 Å². The highest BCUT2D eigenvalue weighted by molar-refractivity contribution is 7.18. The summed E-state index contributed by atoms with van der Waals surface area (Å²) in [5.74, 6) is 0.435. The van der Waals surface area contributed by atoms with E-state index in [-0.39, 0.29) is 5.91 Å². The molecule has 2 aromatic rings. The highest BCUT2D eigenvalue weighted by Gasteiger charge is 2.25. The third-order valence-electron chi connectivity index (χ3n) is 3.33. The molecule has 0 bridgehead atoms. The van der Waals surface area contributed by atoms with Gasteiger partial charge in [0.25, 0.3) is 0 Å². The third-order valence-corrected chi connectivity index (χ3v) is 4.45. The molecule has 102 valence electrons. The van der Waals surface area contributed by atoms with Crippen LogP contribution in [0.5, 0.6) is 0 Å². The van der Waals surface area contributed by atoms with Crippen LogP contribution in [0.4, 0.5) is 5.82 Å². The quantitative estimate of drug-likeness (QED) is 0.898. The van der Waals surface area contributed by atoms with E-state index in [0.29, 0.717) is 6.54 Å². The Balaban J connectivity index is 2.34. The molecular formula is C13H18N4OS. The fraction of sp³-hybridized carbons (Fsp3) is 0.462. The predicted octanol–water partition coefficient (Wildman–Crippen LogP) is 2.23. The van der Waals surface area contributed by atoms with Crippen LogP contribution in [0.15, 0.2) is 6.33 Å². The zero-order chi connectivity index (χ0) is 14.2. The first-order chi connectivity index (χ1) is 8.83. The largest absolute Gasteiger partial charge is 0.369 e. The molecule has 6 heteroatoms. The molecule has 0 saturated heterocycles. The smallest absolute Gasteiger partial charge is 0.224 e. The van der Waals surface area contributed by atoms with Crippen molar-refractivity contribution in [2.24, 2.45) is 11.1 Å². The van der Waals surface area contributed by atoms with E-state index in [9.17, 15) is 4.79 Å². The number of nitrogens with zero attached hydrogens (tertiary/aromatic N) is 2. The molecule has 19 heavy (non-hydrogen) atoms. The molecule has 0 atom stereocenters. The van der Waals surface area contributed by atoms with Crippen LogP contribution in [0, 0.1) is 19.3 Å². The summed E-state index contributed by atoms with van der Waals surface area (Å²) in [6.07, 6.45) is 1.54. The van der Waals surface area contributed by atoms with Crippen LogP contribution in [0.2, 0.25) is 0 Å². The number of thiophene rings is 1. The highest BCUT2D eigenvalue weighted by atomic mass is 32.1. The number of anilines is 1. The second kappa shape index (κ2) is 4.77. The first-order valence-corrected chi connectivity index (χ1v) is 6.89. The first-order valence-electron chi connectivity index (χ1n) is 6.07. The number of nitrogens with two attached hydrogens (primary N) is 1. The van der Waals surface area contributed by atoms with Crippen LogP contribution < -0.4 is 11.1 Å². The minimum atomic E-state index is -0.615. The summed E-state index contributed by atoms with van der Waals surface area (Å²) >= 11 is 1.65. The Bertz CT molecular complexity index is 633. The van der Waals surface area contributed by atoms with E-state index >= 15 is 0 Å². The molecule has 0 unspecified atom stereocenters. The number of carbonyl (C=O) groups is 1. The van der Waals surface area contributed by atoms with Crippen molar-refractivity contribution in [3.05, 3.63) is 16.8 Å². The molecule has 0 spiro atoms. The summed E-state index contributed by atoms with van der Waals surface area (Å²) in [4.78, 5) is 22.1. The van der Waals surface area contributed by atoms with Crippen molar-refractivity contribution in [3.8, 4) is 0 Å². The summed E-state index contributed by atoms with van der Waals surface area (Å²) in [7, 11) is 0. The van der Waals surface area contributed by atoms with Gasteiger partial charge in [-0.25, -0.2) is 9.97 Å². The van der Waals surface area contributed by atoms with E-state index in [0.717, 1.165) is 16.0 Å². The van der Waals surface area contributed by atoms with Crippen LogP contribution in [0.1, 0.15) is 24.3 Å². The van der Waals surface area contributed by atoms with Crippen LogP contribution in [0.3, 0.4) is 0 Å². The number of aromatic nitrogens is 2. The summed E-state index contributed by atoms with van der Waals surface area (Å²) < 4.78 is 0. The van der Waals surface area contributed by atoms with E-state index in [4.69, 9.17) is 5.73 Å². The molecule has 0 fully saturated rings. The number of fused-ring (bicyclic) bond motifs is 1. The van der Waals surface area contributed by atoms with Crippen molar-refractivity contribution < 1.29 is 4.79 Å². The van der Waals surface area contributed by atoms with Crippen molar-refractivity contribution in [1.29, 1.82) is 0 Å². The molecule has 5 nitrogen and oxygen atoms in total. The van der Waals surface area contributed by atoms with Gasteiger partial charge in [-0.3, -0.25) is 4.79 Å². The average Bonchev–Trinajstić information content (AvgIpc) is 2.63. The Morgan fingerprint density at radius 3 is 2.74 bits per heavy atom. The third kappa shape index (κ3) is 2.53. The molecule has 0 aliphatic carbocycles. The topological polar surface area (TPSA) is 80.9 Å². The standard InChI is InChI=1S/C13H18N4OS/c1-7-8(2)19-11-9(7)10(16-6-17-11)15-5-13(3,4)12(14)18/h6H,5H2,1-4H3,(H2,14,18)(H,15,16,17). The lowest BCUT2D eigenvalue weighted by molar-refractivity contribution is -0.125. The van der Waals surface area contributed by atoms with Gasteiger partial charge in [-0.1, -0.05) is 0 Å². The molecule has 0 radical (unpaired) electrons. The number of hydrogen-bond donors (Lipinski definition) is 2. The van der Waals surface area contributed by atoms with E-state index in [1.165, 1.54) is 16.8 Å². The van der Waals surface area contributed by atoms with Crippen molar-refractivity contribution >= 4 is 33.3 Å². The Hall–Kier alpha value is -1.69. The fourth-order valence-electron chi connectivity index (χ4n) is 1.71. The number of hydrogen-bond acceptors (Lipinski definition) is 5. The SMILES string of the molecule is Cc1sc2ncnc(NCC(C)(C)C(N)=O)c2c1C. The fourth-order valence-corrected chi connectivity index (χ4v) is 2.71. The van der Waals surface area contributed by atoms with Gasteiger partial charge in [0, 0.05) is 11.4 Å². The second-order valence-corrected chi connectivity index (χ2v) is 6.49. The molecule has 3 N–H and O–H groups in total. The number of carbonyl (C=O) groups excluding carboxylic acids is 1. The number of aryl methyl sites for hydroxylation is 2. The van der Waals surface area contributed by atoms with Crippen molar-refractivity contribution in [1.82, 2.24) is 9.97 Å². The molecule has 1 amide bonds. The van der Waals surface area contributed by atoms with E-state index in [2.05, 4.69) is 29.1 Å². The minimum Gasteiger partial charge on any atom is -0.369 e. The lowest BCUT2D eigenvalue weighted by Gasteiger charge is -2.21. The van der Waals surface area contributed by atoms with Gasteiger partial charge in [0.1, 0.15) is 17.0 Å². The first kappa shape index (κ1) is 13.7. The van der Waals surface area contributed by atoms with Gasteiger partial charge in [0.05, 0.1) is 10.8 Å². The normalized spacial score (nSPS) is 11.8. The molecule has 0 aliphatic heterocycles. The van der Waals surface area contributed by atoms with Gasteiger partial charge >= 0.3 is 0 Å². The average molecular weight is 278 g/mol. The van der Waals surface area contributed by atoms with Crippen molar-refractivity contribution in [3.63, 3.8) is 0 Å². The Labute approximate surface area is 116 Å². The molecule has 0 saturated carbocycles. The lowest BCUT2D eigenvalue weighted by Crippen LogP contribution is -2.37. The van der Waals surface area contributed by atoms with Gasteiger partial charge in [0.2, 0.25) is 5.91 Å². The molecule has 0 aliphatic rings. The Morgan fingerprint density at radius 2 is 2.11 bits per heavy atom. The molecular weight excluding hydrogens is 260 g/mol. The highest BCUT2D eigenvalue weighted by Crippen LogP contribution is 2.32. The maximum absolute atomic E-state index is 11.3. The van der Waals surface area contributed by atoms with Gasteiger partial charge in [-0.05, 0) is 33.3 Å². The zero-order valence-corrected chi connectivity index (χ0v) is 12.4. The van der Waals surface area contributed by atoms with Crippen molar-refractivity contribution in [2.75, 3.05) is 11.9 Å². The van der Waals surface area contributed by atoms with Crippen LogP contribution in [-0.2, 0) is 4.79 Å². The monoisotopic (exact) mass is 278 g/mol. The maximum Gasteiger partial charge on any atom is 0.224 e. The lowest BCUT2D eigenvalue weighted by atomic mass is 9.93. The van der Waals surface area contributed by atoms with E-state index in [1.54, 1.807) is 11.3 Å². The van der Waals surface area contributed by atoms with Gasteiger partial charge < -0.3 is 11.1 Å². The predicted molar refractivity (Wildman–Crippen MR) is 78.4 cm³/mol. The zero-order valence-electron chi connectivity index (χ0n) is 11.6. The minimum absolute atomic E-state index is 0.330. The summed E-state index contributed by atoms with van der Waals surface area (Å²) in [6.45, 7) is 8.20. The number of nitrogens with one attached hydrogen (secondary N) is 1. The van der Waals surface area contributed by atoms with E-state index < -0.39 is 5.41 Å². The number of primary amides is 1. The number of rotatable bonds is 4. The van der Waals surface area contributed by atoms with Crippen LogP contribution >= 0.6 is 11.3 Å². The van der Waals surface area contributed by atoms with Crippen LogP contribution in [0.25, 0.3) is 10.2 Å². The second-order valence-electron chi connectivity index (χ2n) is 5.29. The summed E-state index contributed by atoms with van der Waals surface area (Å²) in [5, 5.41) is 4.25. The van der Waals surface area contributed by atoms with E-state index in [1.807, 2.05) is 13.8 Å². The molecule has 2 aromatic heterocycles. The molecule has 2 rings (SSSR count). The van der Waals surface area contributed by atoms with Crippen LogP contribution in [-0.4, -0.2) is 22.4 Å². The van der Waals surface area contributed by atoms with Gasteiger partial charge in [0.15, 0.2) is 0 Å². The number of amides is 1. The molecule has 2 heterocycles. The Morgan fingerprint density at radius 1 is 1.42 bits per heavy atom. The summed E-state index contributed by atoms with van der Waals surface area (Å²) in [6, 6.07) is 0. The molecule has 0 aromatic carbocycles. The van der Waals surface area contributed by atoms with Gasteiger partial charge in [-0.15, -0.1) is 11.3 Å². The Kier molecular flexibility index (Phi) is 3.45. The maximum atomic E-state index is 11.3. The summed E-state index contributed by atoms with van der Waals surface area (Å²) in [5.41, 5.74) is 5.94.